The second kappa shape index (κ2) is 7.38. The summed E-state index contributed by atoms with van der Waals surface area (Å²) in [5, 5.41) is 0. The Morgan fingerprint density at radius 1 is 0.933 bits per heavy atom. The van der Waals surface area contributed by atoms with Crippen LogP contribution in [0, 0.1) is 0 Å². The van der Waals surface area contributed by atoms with Crippen LogP contribution in [0.15, 0.2) is 58.7 Å². The zero-order valence-corrected chi connectivity index (χ0v) is 8.28. The standard InChI is InChI=1S/C12H12N2O/c15-12-7-6-10-13-8-4-2-1-3-5-9-14-11-12/h1-10H,11H2/b2-1-,5-3-,7-6-,8-4-,13-10-,14-9?. The molecule has 0 aromatic carbocycles. The molecule has 15 heavy (non-hydrogen) atoms. The van der Waals surface area contributed by atoms with Crippen molar-refractivity contribution in [2.24, 2.45) is 9.98 Å². The van der Waals surface area contributed by atoms with E-state index in [0.29, 0.717) is 0 Å². The predicted molar refractivity (Wildman–Crippen MR) is 63.4 cm³/mol. The van der Waals surface area contributed by atoms with Gasteiger partial charge in [0.1, 0.15) is 6.54 Å². The van der Waals surface area contributed by atoms with Gasteiger partial charge in [-0.15, -0.1) is 0 Å². The Balaban J connectivity index is 2.69. The van der Waals surface area contributed by atoms with Gasteiger partial charge in [-0.1, -0.05) is 18.2 Å². The molecule has 1 aliphatic rings. The fourth-order valence-electron chi connectivity index (χ4n) is 0.848. The number of carbonyl (C=O) groups excluding carboxylic acids is 1. The molecule has 76 valence electrons. The fraction of sp³-hybridized carbons (Fsp3) is 0.0833. The molecule has 0 fully saturated rings. The third-order valence-corrected chi connectivity index (χ3v) is 1.51. The summed E-state index contributed by atoms with van der Waals surface area (Å²) in [6.45, 7) is 0.175. The minimum atomic E-state index is -0.0392. The third kappa shape index (κ3) is 6.10. The Hall–Kier alpha value is -2.03. The van der Waals surface area contributed by atoms with E-state index < -0.39 is 0 Å². The summed E-state index contributed by atoms with van der Waals surface area (Å²) in [6.07, 6.45) is 17.0. The van der Waals surface area contributed by atoms with E-state index in [1.165, 1.54) is 6.08 Å². The molecule has 1 rings (SSSR count). The first kappa shape index (κ1) is 11.0. The van der Waals surface area contributed by atoms with Gasteiger partial charge < -0.3 is 0 Å². The van der Waals surface area contributed by atoms with Crippen molar-refractivity contribution in [3.05, 3.63) is 48.7 Å². The molecule has 0 atom stereocenters. The van der Waals surface area contributed by atoms with Gasteiger partial charge >= 0.3 is 0 Å². The molecule has 0 spiro atoms. The van der Waals surface area contributed by atoms with Crippen LogP contribution in [0.2, 0.25) is 0 Å². The second-order valence-corrected chi connectivity index (χ2v) is 2.72. The number of nitrogens with zero attached hydrogens (tertiary/aromatic N) is 2. The van der Waals surface area contributed by atoms with Crippen molar-refractivity contribution in [3.8, 4) is 0 Å². The van der Waals surface area contributed by atoms with E-state index in [-0.39, 0.29) is 12.3 Å². The minimum absolute atomic E-state index is 0.0392. The van der Waals surface area contributed by atoms with Crippen LogP contribution >= 0.6 is 0 Å². The smallest absolute Gasteiger partial charge is 0.177 e. The Morgan fingerprint density at radius 3 is 2.67 bits per heavy atom. The van der Waals surface area contributed by atoms with Gasteiger partial charge in [-0.2, -0.15) is 0 Å². The normalized spacial score (nSPS) is 27.6. The van der Waals surface area contributed by atoms with Crippen molar-refractivity contribution >= 4 is 18.2 Å². The maximum atomic E-state index is 11.1. The number of aliphatic imine (C=N–C) groups is 2. The topological polar surface area (TPSA) is 41.8 Å². The first-order chi connectivity index (χ1) is 7.39. The first-order valence-electron chi connectivity index (χ1n) is 4.60. The van der Waals surface area contributed by atoms with Gasteiger partial charge in [0.2, 0.25) is 0 Å². The zero-order valence-electron chi connectivity index (χ0n) is 8.28. The van der Waals surface area contributed by atoms with Gasteiger partial charge in [-0.25, -0.2) is 0 Å². The van der Waals surface area contributed by atoms with E-state index in [9.17, 15) is 4.79 Å². The number of hydrogen-bond acceptors (Lipinski definition) is 3. The van der Waals surface area contributed by atoms with Crippen LogP contribution in [0.5, 0.6) is 0 Å². The average Bonchev–Trinajstić information content (AvgIpc) is 2.24. The molecule has 1 heterocycles. The first-order valence-corrected chi connectivity index (χ1v) is 4.60. The van der Waals surface area contributed by atoms with Crippen LogP contribution in [0.3, 0.4) is 0 Å². The molecule has 0 unspecified atom stereocenters. The van der Waals surface area contributed by atoms with E-state index in [0.717, 1.165) is 0 Å². The Kier molecular flexibility index (Phi) is 5.44. The quantitative estimate of drug-likeness (QED) is 0.588. The predicted octanol–water partition coefficient (Wildman–Crippen LogP) is 1.89. The average molecular weight is 200 g/mol. The Morgan fingerprint density at radius 2 is 1.73 bits per heavy atom. The van der Waals surface area contributed by atoms with Crippen molar-refractivity contribution in [1.82, 2.24) is 0 Å². The number of allylic oxidation sites excluding steroid dienone is 6. The summed E-state index contributed by atoms with van der Waals surface area (Å²) in [6, 6.07) is 0. The Labute approximate surface area is 88.9 Å². The van der Waals surface area contributed by atoms with Crippen LogP contribution in [0.1, 0.15) is 0 Å². The van der Waals surface area contributed by atoms with Gasteiger partial charge in [0.25, 0.3) is 0 Å². The monoisotopic (exact) mass is 200 g/mol. The zero-order chi connectivity index (χ0) is 10.8. The number of carbonyl (C=O) groups is 1. The van der Waals surface area contributed by atoms with Crippen LogP contribution in [-0.4, -0.2) is 24.8 Å². The highest BCUT2D eigenvalue weighted by Gasteiger charge is 1.89. The van der Waals surface area contributed by atoms with Crippen molar-refractivity contribution in [3.63, 3.8) is 0 Å². The highest BCUT2D eigenvalue weighted by atomic mass is 16.1. The van der Waals surface area contributed by atoms with Crippen molar-refractivity contribution in [1.29, 1.82) is 0 Å². The van der Waals surface area contributed by atoms with Crippen LogP contribution in [-0.2, 0) is 4.79 Å². The van der Waals surface area contributed by atoms with Crippen LogP contribution in [0.25, 0.3) is 0 Å². The molecule has 0 aliphatic carbocycles. The summed E-state index contributed by atoms with van der Waals surface area (Å²) >= 11 is 0. The van der Waals surface area contributed by atoms with Gasteiger partial charge in [0.15, 0.2) is 5.78 Å². The largest absolute Gasteiger partial charge is 0.293 e. The maximum Gasteiger partial charge on any atom is 0.177 e. The summed E-state index contributed by atoms with van der Waals surface area (Å²) in [5.41, 5.74) is 0. The molecule has 0 radical (unpaired) electrons. The molecule has 0 amide bonds. The van der Waals surface area contributed by atoms with Crippen molar-refractivity contribution in [2.75, 3.05) is 6.54 Å². The van der Waals surface area contributed by atoms with Crippen molar-refractivity contribution < 1.29 is 4.79 Å². The van der Waals surface area contributed by atoms with E-state index in [1.807, 2.05) is 18.2 Å². The summed E-state index contributed by atoms with van der Waals surface area (Å²) < 4.78 is 0. The molecule has 0 aromatic rings. The molecule has 1 aliphatic heterocycles. The highest BCUT2D eigenvalue weighted by molar-refractivity contribution is 5.95. The lowest BCUT2D eigenvalue weighted by Gasteiger charge is -1.85. The molecule has 3 heteroatoms. The fourth-order valence-corrected chi connectivity index (χ4v) is 0.848. The van der Waals surface area contributed by atoms with Gasteiger partial charge in [-0.3, -0.25) is 14.8 Å². The van der Waals surface area contributed by atoms with Crippen molar-refractivity contribution in [2.45, 2.75) is 0 Å². The van der Waals surface area contributed by atoms with E-state index in [1.54, 1.807) is 36.9 Å². The summed E-state index contributed by atoms with van der Waals surface area (Å²) in [5.74, 6) is -0.0392. The molecule has 0 bridgehead atoms. The highest BCUT2D eigenvalue weighted by Crippen LogP contribution is 1.84. The second-order valence-electron chi connectivity index (χ2n) is 2.72. The molecule has 0 N–H and O–H groups in total. The molecule has 0 saturated carbocycles. The molecule has 3 nitrogen and oxygen atoms in total. The maximum absolute atomic E-state index is 11.1. The lowest BCUT2D eigenvalue weighted by Crippen LogP contribution is -1.97. The van der Waals surface area contributed by atoms with E-state index in [2.05, 4.69) is 9.98 Å². The summed E-state index contributed by atoms with van der Waals surface area (Å²) in [4.78, 5) is 19.0. The molecule has 0 aromatic heterocycles. The lowest BCUT2D eigenvalue weighted by atomic mass is 10.3. The number of ketones is 1. The molecular formula is C12H12N2O. The third-order valence-electron chi connectivity index (χ3n) is 1.51. The van der Waals surface area contributed by atoms with Gasteiger partial charge in [0.05, 0.1) is 0 Å². The Bertz CT molecular complexity index is 371. The van der Waals surface area contributed by atoms with E-state index >= 15 is 0 Å². The lowest BCUT2D eigenvalue weighted by molar-refractivity contribution is -0.113. The van der Waals surface area contributed by atoms with Gasteiger partial charge in [0, 0.05) is 18.6 Å². The number of hydrogen-bond donors (Lipinski definition) is 0. The van der Waals surface area contributed by atoms with Gasteiger partial charge in [-0.05, 0) is 24.3 Å². The minimum Gasteiger partial charge on any atom is -0.293 e. The molecule has 0 saturated heterocycles. The number of rotatable bonds is 0. The molecular weight excluding hydrogens is 188 g/mol. The van der Waals surface area contributed by atoms with Crippen LogP contribution in [0.4, 0.5) is 0 Å². The van der Waals surface area contributed by atoms with E-state index in [4.69, 9.17) is 0 Å². The summed E-state index contributed by atoms with van der Waals surface area (Å²) in [7, 11) is 0. The van der Waals surface area contributed by atoms with Crippen LogP contribution < -0.4 is 0 Å². The SMILES string of the molecule is O=C1\C=C/C=N\C=C/C=C\C=C/C=NC1.